The molecule has 1 saturated heterocycles. The number of allylic oxidation sites excluding steroid dienone is 1. The highest BCUT2D eigenvalue weighted by Crippen LogP contribution is 2.39. The smallest absolute Gasteiger partial charge is 0.271 e. The van der Waals surface area contributed by atoms with Gasteiger partial charge in [-0.15, -0.1) is 0 Å². The van der Waals surface area contributed by atoms with Crippen molar-refractivity contribution in [2.24, 2.45) is 17.8 Å². The Morgan fingerprint density at radius 2 is 2.08 bits per heavy atom. The number of benzene rings is 1. The van der Waals surface area contributed by atoms with Crippen LogP contribution in [-0.2, 0) is 14.4 Å². The number of fused-ring (bicyclic) bond motifs is 2. The van der Waals surface area contributed by atoms with Crippen LogP contribution in [0.2, 0.25) is 0 Å². The lowest BCUT2D eigenvalue weighted by molar-refractivity contribution is -0.132. The van der Waals surface area contributed by atoms with E-state index in [1.165, 1.54) is 0 Å². The van der Waals surface area contributed by atoms with Crippen LogP contribution < -0.4 is 10.1 Å². The Bertz CT molecular complexity index is 1250. The molecule has 3 aliphatic rings. The van der Waals surface area contributed by atoms with Crippen LogP contribution in [0.1, 0.15) is 62.4 Å². The summed E-state index contributed by atoms with van der Waals surface area (Å²) in [7, 11) is 1.59. The van der Waals surface area contributed by atoms with Crippen LogP contribution in [0.3, 0.4) is 0 Å². The molecule has 5 atom stereocenters. The zero-order valence-corrected chi connectivity index (χ0v) is 21.5. The Morgan fingerprint density at radius 3 is 2.84 bits per heavy atom. The van der Waals surface area contributed by atoms with Crippen molar-refractivity contribution in [3.05, 3.63) is 42.1 Å². The fourth-order valence-electron chi connectivity index (χ4n) is 6.32. The van der Waals surface area contributed by atoms with Gasteiger partial charge in [-0.2, -0.15) is 0 Å². The Balaban J connectivity index is 1.39. The van der Waals surface area contributed by atoms with Crippen molar-refractivity contribution >= 4 is 34.3 Å². The lowest BCUT2D eigenvalue weighted by Gasteiger charge is -2.30. The molecule has 2 aliphatic carbocycles. The van der Waals surface area contributed by atoms with E-state index in [2.05, 4.69) is 16.4 Å². The molecule has 8 heteroatoms. The van der Waals surface area contributed by atoms with Crippen molar-refractivity contribution in [3.8, 4) is 5.75 Å². The number of rotatable bonds is 8. The standard InChI is InChI=1S/C29H35N3O5/c1-3-24(33)22(14-17-8-4-5-12-25(17)34)31-28(35)27-19-10-6-9-18(19)16-32(27)29(36)23-15-20-21(30-23)11-7-13-26(20)37-2/h6-7,10-11,13,15,17-19,22,27,30H,3-5,8-9,12,14,16H2,1-2H3,(H,31,35)/t17-,18-,19-,22-,27-/m0/s1. The van der Waals surface area contributed by atoms with Gasteiger partial charge in [0.05, 0.1) is 13.2 Å². The molecular weight excluding hydrogens is 470 g/mol. The first-order valence-electron chi connectivity index (χ1n) is 13.4. The Labute approximate surface area is 216 Å². The van der Waals surface area contributed by atoms with Crippen LogP contribution in [0.5, 0.6) is 5.75 Å². The van der Waals surface area contributed by atoms with Gasteiger partial charge in [-0.1, -0.05) is 31.6 Å². The second-order valence-corrected chi connectivity index (χ2v) is 10.5. The largest absolute Gasteiger partial charge is 0.496 e. The van der Waals surface area contributed by atoms with Gasteiger partial charge in [-0.05, 0) is 49.8 Å². The van der Waals surface area contributed by atoms with Crippen molar-refractivity contribution in [2.45, 2.75) is 64.0 Å². The summed E-state index contributed by atoms with van der Waals surface area (Å²) in [6.45, 7) is 2.24. The minimum absolute atomic E-state index is 0.0798. The lowest BCUT2D eigenvalue weighted by Crippen LogP contribution is -2.53. The van der Waals surface area contributed by atoms with Gasteiger partial charge in [0, 0.05) is 42.1 Å². The van der Waals surface area contributed by atoms with E-state index in [0.29, 0.717) is 30.8 Å². The number of aromatic amines is 1. The molecule has 37 heavy (non-hydrogen) atoms. The summed E-state index contributed by atoms with van der Waals surface area (Å²) in [5, 5.41) is 3.78. The van der Waals surface area contributed by atoms with Gasteiger partial charge in [-0.3, -0.25) is 19.2 Å². The van der Waals surface area contributed by atoms with E-state index in [1.54, 1.807) is 25.0 Å². The number of ketones is 2. The SMILES string of the molecule is CCC(=O)[C@H](C[C@@H]1CCCCC1=O)NC(=O)[C@@H]1[C@H]2C=CC[C@H]2CN1C(=O)c1cc2c(OC)cccc2[nH]1. The van der Waals surface area contributed by atoms with Crippen molar-refractivity contribution in [2.75, 3.05) is 13.7 Å². The number of methoxy groups -OCH3 is 1. The number of aromatic nitrogens is 1. The van der Waals surface area contributed by atoms with Crippen LogP contribution in [0, 0.1) is 17.8 Å². The summed E-state index contributed by atoms with van der Waals surface area (Å²) in [5.41, 5.74) is 1.18. The second kappa shape index (κ2) is 10.5. The van der Waals surface area contributed by atoms with E-state index in [4.69, 9.17) is 4.74 Å². The summed E-state index contributed by atoms with van der Waals surface area (Å²) in [6, 6.07) is 5.92. The number of nitrogens with one attached hydrogen (secondary N) is 2. The van der Waals surface area contributed by atoms with Gasteiger partial charge in [-0.25, -0.2) is 0 Å². The normalized spacial score (nSPS) is 25.8. The maximum absolute atomic E-state index is 13.8. The van der Waals surface area contributed by atoms with Gasteiger partial charge in [0.15, 0.2) is 5.78 Å². The molecule has 0 spiro atoms. The van der Waals surface area contributed by atoms with Gasteiger partial charge < -0.3 is 19.9 Å². The monoisotopic (exact) mass is 505 g/mol. The second-order valence-electron chi connectivity index (χ2n) is 10.5. The summed E-state index contributed by atoms with van der Waals surface area (Å²) in [4.78, 5) is 57.6. The lowest BCUT2D eigenvalue weighted by atomic mass is 9.82. The highest BCUT2D eigenvalue weighted by atomic mass is 16.5. The molecule has 0 radical (unpaired) electrons. The molecule has 0 unspecified atom stereocenters. The molecule has 5 rings (SSSR count). The maximum atomic E-state index is 13.8. The highest BCUT2D eigenvalue weighted by molar-refractivity contribution is 6.02. The zero-order chi connectivity index (χ0) is 26.1. The number of H-pyrrole nitrogens is 1. The van der Waals surface area contributed by atoms with E-state index in [1.807, 2.05) is 24.3 Å². The Hall–Kier alpha value is -3.42. The third kappa shape index (κ3) is 4.81. The number of Topliss-reactive ketones (excluding diaryl/α,β-unsaturated/α-hetero) is 2. The molecule has 196 valence electrons. The fourth-order valence-corrected chi connectivity index (χ4v) is 6.32. The van der Waals surface area contributed by atoms with Gasteiger partial charge in [0.2, 0.25) is 5.91 Å². The van der Waals surface area contributed by atoms with Crippen LogP contribution in [0.15, 0.2) is 36.4 Å². The average Bonchev–Trinajstić information content (AvgIpc) is 3.62. The number of ether oxygens (including phenoxy) is 1. The predicted molar refractivity (Wildman–Crippen MR) is 139 cm³/mol. The van der Waals surface area contributed by atoms with Crippen molar-refractivity contribution in [1.82, 2.24) is 15.2 Å². The molecule has 2 heterocycles. The third-order valence-electron chi connectivity index (χ3n) is 8.33. The van der Waals surface area contributed by atoms with Gasteiger partial charge in [0.25, 0.3) is 5.91 Å². The molecule has 1 aliphatic heterocycles. The number of amides is 2. The molecule has 1 aromatic carbocycles. The van der Waals surface area contributed by atoms with Crippen molar-refractivity contribution in [1.29, 1.82) is 0 Å². The molecule has 1 aromatic heterocycles. The summed E-state index contributed by atoms with van der Waals surface area (Å²) in [5.74, 6) is 0.0651. The molecule has 2 aromatic rings. The Kier molecular flexibility index (Phi) is 7.17. The van der Waals surface area contributed by atoms with Crippen LogP contribution in [0.4, 0.5) is 0 Å². The molecule has 0 bridgehead atoms. The molecule has 8 nitrogen and oxygen atoms in total. The van der Waals surface area contributed by atoms with Crippen LogP contribution in [-0.4, -0.2) is 59.0 Å². The fraction of sp³-hybridized carbons (Fsp3) is 0.517. The minimum atomic E-state index is -0.719. The Morgan fingerprint density at radius 1 is 1.24 bits per heavy atom. The summed E-state index contributed by atoms with van der Waals surface area (Å²) >= 11 is 0. The molecule has 2 N–H and O–H groups in total. The number of carbonyl (C=O) groups excluding carboxylic acids is 4. The first kappa shape index (κ1) is 25.2. The molecular formula is C29H35N3O5. The zero-order valence-electron chi connectivity index (χ0n) is 21.5. The number of hydrogen-bond donors (Lipinski definition) is 2. The summed E-state index contributed by atoms with van der Waals surface area (Å²) in [6.07, 6.45) is 8.68. The first-order valence-corrected chi connectivity index (χ1v) is 13.4. The quantitative estimate of drug-likeness (QED) is 0.531. The third-order valence-corrected chi connectivity index (χ3v) is 8.33. The molecule has 2 fully saturated rings. The number of likely N-dealkylation sites (tertiary alicyclic amines) is 1. The molecule has 2 amide bonds. The van der Waals surface area contributed by atoms with E-state index >= 15 is 0 Å². The first-order chi connectivity index (χ1) is 17.9. The van der Waals surface area contributed by atoms with E-state index < -0.39 is 12.1 Å². The number of hydrogen-bond acceptors (Lipinski definition) is 5. The van der Waals surface area contributed by atoms with E-state index in [0.717, 1.165) is 36.6 Å². The minimum Gasteiger partial charge on any atom is -0.496 e. The van der Waals surface area contributed by atoms with E-state index in [-0.39, 0.29) is 47.6 Å². The number of carbonyl (C=O) groups is 4. The van der Waals surface area contributed by atoms with Gasteiger partial charge >= 0.3 is 0 Å². The van der Waals surface area contributed by atoms with Gasteiger partial charge in [0.1, 0.15) is 23.3 Å². The molecule has 1 saturated carbocycles. The van der Waals surface area contributed by atoms with Crippen LogP contribution in [0.25, 0.3) is 10.9 Å². The average molecular weight is 506 g/mol. The predicted octanol–water partition coefficient (Wildman–Crippen LogP) is 3.81. The van der Waals surface area contributed by atoms with Crippen molar-refractivity contribution in [3.63, 3.8) is 0 Å². The number of nitrogens with zero attached hydrogens (tertiary/aromatic N) is 1. The van der Waals surface area contributed by atoms with Crippen LogP contribution >= 0.6 is 0 Å². The van der Waals surface area contributed by atoms with Crippen molar-refractivity contribution < 1.29 is 23.9 Å². The topological polar surface area (TPSA) is 109 Å². The highest BCUT2D eigenvalue weighted by Gasteiger charge is 2.48. The van der Waals surface area contributed by atoms with E-state index in [9.17, 15) is 19.2 Å². The summed E-state index contributed by atoms with van der Waals surface area (Å²) < 4.78 is 5.44. The maximum Gasteiger partial charge on any atom is 0.271 e.